The highest BCUT2D eigenvalue weighted by atomic mass is 19.1. The lowest BCUT2D eigenvalue weighted by atomic mass is 10.0. The largest absolute Gasteiger partial charge is 0.484 e. The Labute approximate surface area is 205 Å². The second-order valence-electron chi connectivity index (χ2n) is 8.95. The Morgan fingerprint density at radius 2 is 1.49 bits per heavy atom. The third-order valence-electron chi connectivity index (χ3n) is 6.34. The number of nitrogens with one attached hydrogen (secondary N) is 1. The van der Waals surface area contributed by atoms with Crippen LogP contribution in [-0.4, -0.2) is 35.4 Å². The molecule has 35 heavy (non-hydrogen) atoms. The minimum Gasteiger partial charge on any atom is -0.484 e. The molecule has 6 heteroatoms. The predicted octanol–water partition coefficient (Wildman–Crippen LogP) is 4.90. The maximum atomic E-state index is 13.6. The fourth-order valence-corrected chi connectivity index (χ4v) is 4.46. The maximum absolute atomic E-state index is 13.6. The van der Waals surface area contributed by atoms with Crippen LogP contribution < -0.4 is 10.1 Å². The summed E-state index contributed by atoms with van der Waals surface area (Å²) in [6, 6.07) is 24.4. The van der Waals surface area contributed by atoms with E-state index < -0.39 is 6.04 Å². The van der Waals surface area contributed by atoms with Gasteiger partial charge in [0, 0.05) is 19.0 Å². The quantitative estimate of drug-likeness (QED) is 0.455. The van der Waals surface area contributed by atoms with E-state index in [0.717, 1.165) is 36.8 Å². The lowest BCUT2D eigenvalue weighted by Gasteiger charge is -2.32. The van der Waals surface area contributed by atoms with E-state index in [9.17, 15) is 14.0 Å². The topological polar surface area (TPSA) is 58.6 Å². The summed E-state index contributed by atoms with van der Waals surface area (Å²) in [6.45, 7) is 0.0303. The van der Waals surface area contributed by atoms with E-state index in [-0.39, 0.29) is 36.8 Å². The molecule has 1 fully saturated rings. The van der Waals surface area contributed by atoms with Gasteiger partial charge in [-0.2, -0.15) is 0 Å². The summed E-state index contributed by atoms with van der Waals surface area (Å²) in [6.07, 6.45) is 4.53. The number of hydrogen-bond donors (Lipinski definition) is 1. The van der Waals surface area contributed by atoms with Gasteiger partial charge in [0.05, 0.1) is 0 Å². The van der Waals surface area contributed by atoms with Crippen LogP contribution in [0.3, 0.4) is 0 Å². The highest BCUT2D eigenvalue weighted by Crippen LogP contribution is 2.20. The van der Waals surface area contributed by atoms with Crippen molar-refractivity contribution in [1.82, 2.24) is 10.2 Å². The molecule has 0 aromatic heterocycles. The Balaban J connectivity index is 1.58. The van der Waals surface area contributed by atoms with E-state index in [1.165, 1.54) is 24.3 Å². The number of carbonyl (C=O) groups excluding carboxylic acids is 2. The van der Waals surface area contributed by atoms with E-state index in [2.05, 4.69) is 5.32 Å². The van der Waals surface area contributed by atoms with Gasteiger partial charge in [-0.1, -0.05) is 73.5 Å². The number of carbonyl (C=O) groups is 2. The van der Waals surface area contributed by atoms with Gasteiger partial charge in [-0.15, -0.1) is 0 Å². The normalized spacial score (nSPS) is 14.3. The molecule has 1 aliphatic carbocycles. The van der Waals surface area contributed by atoms with Gasteiger partial charge in [0.1, 0.15) is 17.6 Å². The lowest BCUT2D eigenvalue weighted by molar-refractivity contribution is -0.143. The first-order chi connectivity index (χ1) is 17.1. The molecule has 1 N–H and O–H groups in total. The molecule has 4 rings (SSSR count). The smallest absolute Gasteiger partial charge is 0.261 e. The molecule has 1 saturated carbocycles. The van der Waals surface area contributed by atoms with Crippen LogP contribution in [-0.2, 0) is 22.6 Å². The van der Waals surface area contributed by atoms with Gasteiger partial charge in [-0.25, -0.2) is 4.39 Å². The van der Waals surface area contributed by atoms with Crippen LogP contribution in [0.1, 0.15) is 36.8 Å². The first kappa shape index (κ1) is 24.5. The summed E-state index contributed by atoms with van der Waals surface area (Å²) in [5.41, 5.74) is 1.90. The van der Waals surface area contributed by atoms with E-state index in [1.54, 1.807) is 4.90 Å². The molecule has 0 heterocycles. The molecule has 5 nitrogen and oxygen atoms in total. The van der Waals surface area contributed by atoms with Gasteiger partial charge in [-0.3, -0.25) is 9.59 Å². The third kappa shape index (κ3) is 7.15. The molecular weight excluding hydrogens is 443 g/mol. The Morgan fingerprint density at radius 3 is 2.11 bits per heavy atom. The fourth-order valence-electron chi connectivity index (χ4n) is 4.46. The standard InChI is InChI=1S/C29H31FN2O3/c30-24-15-17-26(18-16-24)35-21-28(33)32(20-23-11-5-2-6-12-23)27(19-22-9-3-1-4-10-22)29(34)31-25-13-7-8-14-25/h1-6,9-12,15-18,25,27H,7-8,13-14,19-21H2,(H,31,34)/t27-/m0/s1. The zero-order valence-corrected chi connectivity index (χ0v) is 19.7. The summed E-state index contributed by atoms with van der Waals surface area (Å²) >= 11 is 0. The van der Waals surface area contributed by atoms with E-state index in [4.69, 9.17) is 4.74 Å². The average Bonchev–Trinajstić information content (AvgIpc) is 3.40. The van der Waals surface area contributed by atoms with Crippen LogP contribution in [0.15, 0.2) is 84.9 Å². The van der Waals surface area contributed by atoms with Crippen LogP contribution in [0.2, 0.25) is 0 Å². The zero-order valence-electron chi connectivity index (χ0n) is 19.7. The molecule has 0 aliphatic heterocycles. The van der Waals surface area contributed by atoms with Crippen molar-refractivity contribution in [3.8, 4) is 5.75 Å². The van der Waals surface area contributed by atoms with Crippen LogP contribution in [0, 0.1) is 5.82 Å². The molecule has 3 aromatic carbocycles. The van der Waals surface area contributed by atoms with Crippen molar-refractivity contribution in [2.24, 2.45) is 0 Å². The Kier molecular flexibility index (Phi) is 8.49. The molecule has 1 atom stereocenters. The minimum absolute atomic E-state index is 0.143. The van der Waals surface area contributed by atoms with Crippen molar-refractivity contribution in [2.75, 3.05) is 6.61 Å². The molecule has 0 radical (unpaired) electrons. The van der Waals surface area contributed by atoms with Crippen molar-refractivity contribution in [3.05, 3.63) is 102 Å². The molecule has 2 amide bonds. The second-order valence-corrected chi connectivity index (χ2v) is 8.95. The monoisotopic (exact) mass is 474 g/mol. The third-order valence-corrected chi connectivity index (χ3v) is 6.34. The number of amides is 2. The van der Waals surface area contributed by atoms with Gasteiger partial charge in [0.15, 0.2) is 6.61 Å². The Hall–Kier alpha value is -3.67. The van der Waals surface area contributed by atoms with E-state index in [1.807, 2.05) is 60.7 Å². The maximum Gasteiger partial charge on any atom is 0.261 e. The lowest BCUT2D eigenvalue weighted by Crippen LogP contribution is -2.53. The molecule has 3 aromatic rings. The molecular formula is C29H31FN2O3. The van der Waals surface area contributed by atoms with Crippen molar-refractivity contribution in [1.29, 1.82) is 0 Å². The minimum atomic E-state index is -0.692. The molecule has 182 valence electrons. The van der Waals surface area contributed by atoms with Crippen LogP contribution >= 0.6 is 0 Å². The summed E-state index contributed by atoms with van der Waals surface area (Å²) in [7, 11) is 0. The SMILES string of the molecule is O=C(NC1CCCC1)[C@H](Cc1ccccc1)N(Cc1ccccc1)C(=O)COc1ccc(F)cc1. The van der Waals surface area contributed by atoms with Crippen LogP contribution in [0.4, 0.5) is 4.39 Å². The number of halogens is 1. The highest BCUT2D eigenvalue weighted by Gasteiger charge is 2.32. The number of rotatable bonds is 10. The van der Waals surface area contributed by atoms with Crippen molar-refractivity contribution >= 4 is 11.8 Å². The van der Waals surface area contributed by atoms with E-state index >= 15 is 0 Å². The molecule has 1 aliphatic rings. The van der Waals surface area contributed by atoms with Crippen LogP contribution in [0.5, 0.6) is 5.75 Å². The first-order valence-electron chi connectivity index (χ1n) is 12.1. The first-order valence-corrected chi connectivity index (χ1v) is 12.1. The number of nitrogens with zero attached hydrogens (tertiary/aromatic N) is 1. The Morgan fingerprint density at radius 1 is 0.886 bits per heavy atom. The zero-order chi connectivity index (χ0) is 24.5. The molecule has 0 spiro atoms. The Bertz CT molecular complexity index is 1080. The number of benzene rings is 3. The van der Waals surface area contributed by atoms with Crippen molar-refractivity contribution in [3.63, 3.8) is 0 Å². The number of hydrogen-bond acceptors (Lipinski definition) is 3. The molecule has 0 unspecified atom stereocenters. The van der Waals surface area contributed by atoms with Crippen molar-refractivity contribution in [2.45, 2.75) is 50.7 Å². The van der Waals surface area contributed by atoms with Gasteiger partial charge in [-0.05, 0) is 48.2 Å². The highest BCUT2D eigenvalue weighted by molar-refractivity contribution is 5.88. The summed E-state index contributed by atoms with van der Waals surface area (Å²) in [5, 5.41) is 3.19. The molecule has 0 saturated heterocycles. The summed E-state index contributed by atoms with van der Waals surface area (Å²) in [4.78, 5) is 28.7. The molecule has 0 bridgehead atoms. The van der Waals surface area contributed by atoms with Gasteiger partial charge < -0.3 is 15.0 Å². The van der Waals surface area contributed by atoms with Gasteiger partial charge in [0.2, 0.25) is 5.91 Å². The van der Waals surface area contributed by atoms with E-state index in [0.29, 0.717) is 12.2 Å². The predicted molar refractivity (Wildman–Crippen MR) is 133 cm³/mol. The van der Waals surface area contributed by atoms with Gasteiger partial charge >= 0.3 is 0 Å². The van der Waals surface area contributed by atoms with Gasteiger partial charge in [0.25, 0.3) is 5.91 Å². The second kappa shape index (κ2) is 12.2. The van der Waals surface area contributed by atoms with Crippen LogP contribution in [0.25, 0.3) is 0 Å². The fraction of sp³-hybridized carbons (Fsp3) is 0.310. The summed E-state index contributed by atoms with van der Waals surface area (Å²) < 4.78 is 18.9. The summed E-state index contributed by atoms with van der Waals surface area (Å²) in [5.74, 6) is -0.428. The average molecular weight is 475 g/mol. The van der Waals surface area contributed by atoms with Crippen molar-refractivity contribution < 1.29 is 18.7 Å². The number of ether oxygens (including phenoxy) is 1.